The number of hydrogen-bond acceptors (Lipinski definition) is 5. The van der Waals surface area contributed by atoms with Crippen molar-refractivity contribution in [2.24, 2.45) is 10.9 Å². The molecule has 0 spiro atoms. The summed E-state index contributed by atoms with van der Waals surface area (Å²) in [6.45, 7) is 4.62. The quantitative estimate of drug-likeness (QED) is 0.254. The molecule has 0 amide bonds. The van der Waals surface area contributed by atoms with E-state index in [1.54, 1.807) is 12.3 Å². The average Bonchev–Trinajstić information content (AvgIpc) is 2.44. The van der Waals surface area contributed by atoms with Gasteiger partial charge >= 0.3 is 0 Å². The fraction of sp³-hybridized carbons (Fsp3) is 0.500. The van der Waals surface area contributed by atoms with E-state index in [1.807, 2.05) is 19.9 Å². The molecule has 0 aliphatic carbocycles. The number of nitrogens with one attached hydrogen (secondary N) is 1. The average molecular weight is 252 g/mol. The van der Waals surface area contributed by atoms with Crippen LogP contribution in [-0.4, -0.2) is 33.3 Å². The molecule has 0 saturated heterocycles. The van der Waals surface area contributed by atoms with E-state index >= 15 is 0 Å². The van der Waals surface area contributed by atoms with Gasteiger partial charge in [-0.25, -0.2) is 0 Å². The largest absolute Gasteiger partial charge is 0.409 e. The zero-order chi connectivity index (χ0) is 13.6. The number of pyridine rings is 1. The van der Waals surface area contributed by atoms with Crippen LogP contribution in [0.25, 0.3) is 0 Å². The number of nitrogens with two attached hydrogens (primary N) is 1. The summed E-state index contributed by atoms with van der Waals surface area (Å²) in [5.41, 5.74) is 6.56. The van der Waals surface area contributed by atoms with Crippen molar-refractivity contribution in [2.45, 2.75) is 32.4 Å². The van der Waals surface area contributed by atoms with E-state index in [0.717, 1.165) is 12.0 Å². The number of oxime groups is 1. The second-order valence-electron chi connectivity index (χ2n) is 4.46. The van der Waals surface area contributed by atoms with Gasteiger partial charge in [0.25, 0.3) is 0 Å². The first-order valence-corrected chi connectivity index (χ1v) is 5.83. The Morgan fingerprint density at radius 3 is 2.89 bits per heavy atom. The highest BCUT2D eigenvalue weighted by atomic mass is 16.4. The fourth-order valence-corrected chi connectivity index (χ4v) is 1.38. The predicted molar refractivity (Wildman–Crippen MR) is 69.4 cm³/mol. The summed E-state index contributed by atoms with van der Waals surface area (Å²) in [6, 6.07) is 3.59. The minimum Gasteiger partial charge on any atom is -0.409 e. The van der Waals surface area contributed by atoms with Crippen molar-refractivity contribution < 1.29 is 10.3 Å². The van der Waals surface area contributed by atoms with E-state index in [4.69, 9.17) is 10.9 Å². The van der Waals surface area contributed by atoms with Crippen LogP contribution in [0, 0.1) is 0 Å². The van der Waals surface area contributed by atoms with Crippen LogP contribution < -0.4 is 11.1 Å². The van der Waals surface area contributed by atoms with Gasteiger partial charge in [-0.05, 0) is 31.0 Å². The first kappa shape index (κ1) is 14.4. The fourth-order valence-electron chi connectivity index (χ4n) is 1.38. The number of aliphatic hydroxyl groups is 1. The zero-order valence-corrected chi connectivity index (χ0v) is 10.7. The van der Waals surface area contributed by atoms with Crippen molar-refractivity contribution in [3.05, 3.63) is 29.6 Å². The van der Waals surface area contributed by atoms with Crippen LogP contribution in [0.3, 0.4) is 0 Å². The predicted octanol–water partition coefficient (Wildman–Crippen LogP) is 0.427. The van der Waals surface area contributed by atoms with E-state index in [-0.39, 0.29) is 18.0 Å². The Labute approximate surface area is 107 Å². The minimum atomic E-state index is -0.306. The number of hydrogen-bond donors (Lipinski definition) is 4. The number of amidine groups is 1. The normalized spacial score (nSPS) is 15.4. The maximum atomic E-state index is 9.30. The van der Waals surface area contributed by atoms with Crippen molar-refractivity contribution in [3.63, 3.8) is 0 Å². The van der Waals surface area contributed by atoms with Crippen LogP contribution in [0.5, 0.6) is 0 Å². The molecule has 6 heteroatoms. The van der Waals surface area contributed by atoms with Gasteiger partial charge in [-0.1, -0.05) is 12.1 Å². The molecule has 0 bridgehead atoms. The lowest BCUT2D eigenvalue weighted by atomic mass is 10.00. The van der Waals surface area contributed by atoms with Gasteiger partial charge in [-0.3, -0.25) is 4.98 Å². The van der Waals surface area contributed by atoms with Gasteiger partial charge in [0.2, 0.25) is 0 Å². The molecule has 0 aliphatic rings. The van der Waals surface area contributed by atoms with E-state index < -0.39 is 0 Å². The van der Waals surface area contributed by atoms with Gasteiger partial charge in [0, 0.05) is 18.3 Å². The van der Waals surface area contributed by atoms with Crippen LogP contribution in [0.2, 0.25) is 0 Å². The van der Waals surface area contributed by atoms with E-state index in [1.165, 1.54) is 0 Å². The van der Waals surface area contributed by atoms with Crippen molar-refractivity contribution in [1.29, 1.82) is 0 Å². The lowest BCUT2D eigenvalue weighted by Crippen LogP contribution is -2.44. The third-order valence-corrected chi connectivity index (χ3v) is 3.04. The van der Waals surface area contributed by atoms with Gasteiger partial charge in [-0.2, -0.15) is 0 Å². The molecule has 0 aromatic carbocycles. The third-order valence-electron chi connectivity index (χ3n) is 3.04. The third kappa shape index (κ3) is 3.68. The highest BCUT2D eigenvalue weighted by Crippen LogP contribution is 2.10. The lowest BCUT2D eigenvalue weighted by Gasteiger charge is -2.27. The summed E-state index contributed by atoms with van der Waals surface area (Å²) in [5.74, 6) is -0.0164. The molecule has 0 saturated carbocycles. The zero-order valence-electron chi connectivity index (χ0n) is 10.7. The van der Waals surface area contributed by atoms with E-state index in [0.29, 0.717) is 12.2 Å². The molecule has 18 heavy (non-hydrogen) atoms. The first-order valence-electron chi connectivity index (χ1n) is 5.83. The van der Waals surface area contributed by atoms with E-state index in [2.05, 4.69) is 15.5 Å². The first-order chi connectivity index (χ1) is 8.54. The Kier molecular flexibility index (Phi) is 5.06. The Morgan fingerprint density at radius 2 is 2.33 bits per heavy atom. The van der Waals surface area contributed by atoms with Crippen LogP contribution >= 0.6 is 0 Å². The molecule has 5 N–H and O–H groups in total. The molecule has 1 heterocycles. The molecule has 1 atom stereocenters. The SMILES string of the molecule is CCC(C)(CO)NCc1ccnc(C(N)=NO)c1. The number of aliphatic hydroxyl groups excluding tert-OH is 1. The summed E-state index contributed by atoms with van der Waals surface area (Å²) >= 11 is 0. The molecule has 1 aromatic heterocycles. The van der Waals surface area contributed by atoms with Crippen molar-refractivity contribution in [2.75, 3.05) is 6.61 Å². The Hall–Kier alpha value is -1.66. The van der Waals surface area contributed by atoms with E-state index in [9.17, 15) is 5.11 Å². The number of nitrogens with zero attached hydrogens (tertiary/aromatic N) is 2. The molecule has 0 fully saturated rings. The molecule has 0 aliphatic heterocycles. The van der Waals surface area contributed by atoms with Gasteiger partial charge < -0.3 is 21.4 Å². The molecule has 1 unspecified atom stereocenters. The van der Waals surface area contributed by atoms with Crippen LogP contribution in [-0.2, 0) is 6.54 Å². The Bertz CT molecular complexity index is 416. The molecule has 100 valence electrons. The molecule has 0 radical (unpaired) electrons. The lowest BCUT2D eigenvalue weighted by molar-refractivity contribution is 0.169. The maximum Gasteiger partial charge on any atom is 0.188 e. The highest BCUT2D eigenvalue weighted by molar-refractivity contribution is 5.95. The summed E-state index contributed by atoms with van der Waals surface area (Å²) < 4.78 is 0. The van der Waals surface area contributed by atoms with Gasteiger partial charge in [0.15, 0.2) is 5.84 Å². The number of rotatable bonds is 6. The Morgan fingerprint density at radius 1 is 1.61 bits per heavy atom. The second kappa shape index (κ2) is 6.32. The maximum absolute atomic E-state index is 9.30. The summed E-state index contributed by atoms with van der Waals surface area (Å²) in [6.07, 6.45) is 2.42. The molecule has 6 nitrogen and oxygen atoms in total. The standard InChI is InChI=1S/C12H20N4O2/c1-3-12(2,8-17)15-7-9-4-5-14-10(6-9)11(13)16-18/h4-6,15,17-18H,3,7-8H2,1-2H3,(H2,13,16). The van der Waals surface area contributed by atoms with Gasteiger partial charge in [0.05, 0.1) is 6.61 Å². The second-order valence-corrected chi connectivity index (χ2v) is 4.46. The smallest absolute Gasteiger partial charge is 0.188 e. The van der Waals surface area contributed by atoms with Crippen molar-refractivity contribution >= 4 is 5.84 Å². The minimum absolute atomic E-state index is 0.0164. The van der Waals surface area contributed by atoms with Gasteiger partial charge in [0.1, 0.15) is 5.69 Å². The van der Waals surface area contributed by atoms with Crippen LogP contribution in [0.4, 0.5) is 0 Å². The monoisotopic (exact) mass is 252 g/mol. The highest BCUT2D eigenvalue weighted by Gasteiger charge is 2.19. The molecule has 1 aromatic rings. The molecular formula is C12H20N4O2. The number of aromatic nitrogens is 1. The Balaban J connectivity index is 2.74. The van der Waals surface area contributed by atoms with Gasteiger partial charge in [-0.15, -0.1) is 0 Å². The van der Waals surface area contributed by atoms with Crippen molar-refractivity contribution in [1.82, 2.24) is 10.3 Å². The summed E-state index contributed by atoms with van der Waals surface area (Å²) in [4.78, 5) is 4.00. The van der Waals surface area contributed by atoms with Crippen LogP contribution in [0.15, 0.2) is 23.5 Å². The van der Waals surface area contributed by atoms with Crippen molar-refractivity contribution in [3.8, 4) is 0 Å². The summed E-state index contributed by atoms with van der Waals surface area (Å²) in [5, 5.41) is 24.1. The summed E-state index contributed by atoms with van der Waals surface area (Å²) in [7, 11) is 0. The van der Waals surface area contributed by atoms with Crippen LogP contribution in [0.1, 0.15) is 31.5 Å². The molecule has 1 rings (SSSR count). The topological polar surface area (TPSA) is 104 Å². The molecular weight excluding hydrogens is 232 g/mol.